The average molecular weight is 198 g/mol. The van der Waals surface area contributed by atoms with Crippen LogP contribution in [0.3, 0.4) is 0 Å². The standard InChI is InChI=1S/C8H10N2O4/c1-4(9)5-2-7(11)8(12)3-6(5)10(13)14/h2-4,11-12H,9H2,1H3/t4-/m0/s1. The van der Waals surface area contributed by atoms with Crippen molar-refractivity contribution >= 4 is 5.69 Å². The second-order valence-corrected chi connectivity index (χ2v) is 2.95. The third-order valence-corrected chi connectivity index (χ3v) is 1.81. The second-order valence-electron chi connectivity index (χ2n) is 2.95. The van der Waals surface area contributed by atoms with Gasteiger partial charge in [0.05, 0.1) is 16.6 Å². The largest absolute Gasteiger partial charge is 0.504 e. The van der Waals surface area contributed by atoms with Gasteiger partial charge in [0.2, 0.25) is 0 Å². The highest BCUT2D eigenvalue weighted by atomic mass is 16.6. The molecule has 0 unspecified atom stereocenters. The zero-order chi connectivity index (χ0) is 10.9. The highest BCUT2D eigenvalue weighted by Crippen LogP contribution is 2.34. The summed E-state index contributed by atoms with van der Waals surface area (Å²) in [5.74, 6) is -0.941. The lowest BCUT2D eigenvalue weighted by molar-refractivity contribution is -0.385. The molecule has 0 radical (unpaired) electrons. The van der Waals surface area contributed by atoms with Crippen LogP contribution >= 0.6 is 0 Å². The van der Waals surface area contributed by atoms with Gasteiger partial charge in [0, 0.05) is 6.04 Å². The summed E-state index contributed by atoms with van der Waals surface area (Å²) in [6, 6.07) is 1.40. The fraction of sp³-hybridized carbons (Fsp3) is 0.250. The van der Waals surface area contributed by atoms with Crippen molar-refractivity contribution in [1.82, 2.24) is 0 Å². The second kappa shape index (κ2) is 3.51. The maximum absolute atomic E-state index is 10.5. The Hall–Kier alpha value is -1.82. The van der Waals surface area contributed by atoms with Gasteiger partial charge in [-0.1, -0.05) is 0 Å². The Labute approximate surface area is 79.7 Å². The predicted octanol–water partition coefficient (Wildman–Crippen LogP) is 1.03. The number of nitro benzene ring substituents is 1. The number of phenols is 2. The molecule has 1 atom stereocenters. The van der Waals surface area contributed by atoms with Crippen molar-refractivity contribution in [3.05, 3.63) is 27.8 Å². The first-order valence-electron chi connectivity index (χ1n) is 3.89. The van der Waals surface area contributed by atoms with E-state index in [1.54, 1.807) is 6.92 Å². The number of hydrogen-bond donors (Lipinski definition) is 3. The minimum absolute atomic E-state index is 0.185. The molecule has 76 valence electrons. The van der Waals surface area contributed by atoms with E-state index in [-0.39, 0.29) is 11.3 Å². The number of nitrogens with two attached hydrogens (primary N) is 1. The maximum atomic E-state index is 10.5. The molecule has 0 aliphatic rings. The molecule has 14 heavy (non-hydrogen) atoms. The smallest absolute Gasteiger partial charge is 0.278 e. The van der Waals surface area contributed by atoms with Gasteiger partial charge in [0.15, 0.2) is 11.5 Å². The van der Waals surface area contributed by atoms with Crippen molar-refractivity contribution in [1.29, 1.82) is 0 Å². The summed E-state index contributed by atoms with van der Waals surface area (Å²) in [6.45, 7) is 1.55. The number of aromatic hydroxyl groups is 2. The molecule has 1 rings (SSSR count). The van der Waals surface area contributed by atoms with E-state index in [0.717, 1.165) is 12.1 Å². The molecule has 0 aliphatic carbocycles. The van der Waals surface area contributed by atoms with Gasteiger partial charge in [-0.05, 0) is 13.0 Å². The lowest BCUT2D eigenvalue weighted by atomic mass is 10.1. The summed E-state index contributed by atoms with van der Waals surface area (Å²) in [7, 11) is 0. The number of nitro groups is 1. The molecule has 1 aromatic rings. The van der Waals surface area contributed by atoms with Crippen molar-refractivity contribution in [2.24, 2.45) is 5.73 Å². The van der Waals surface area contributed by atoms with Crippen LogP contribution in [0.15, 0.2) is 12.1 Å². The van der Waals surface area contributed by atoms with Crippen molar-refractivity contribution in [3.8, 4) is 11.5 Å². The monoisotopic (exact) mass is 198 g/mol. The van der Waals surface area contributed by atoms with Gasteiger partial charge in [0.1, 0.15) is 0 Å². The van der Waals surface area contributed by atoms with Crippen molar-refractivity contribution in [2.75, 3.05) is 0 Å². The van der Waals surface area contributed by atoms with E-state index in [2.05, 4.69) is 0 Å². The van der Waals surface area contributed by atoms with E-state index in [0.29, 0.717) is 0 Å². The van der Waals surface area contributed by atoms with E-state index in [1.807, 2.05) is 0 Å². The maximum Gasteiger partial charge on any atom is 0.278 e. The van der Waals surface area contributed by atoms with Gasteiger partial charge in [0.25, 0.3) is 5.69 Å². The molecule has 4 N–H and O–H groups in total. The number of hydrogen-bond acceptors (Lipinski definition) is 5. The quantitative estimate of drug-likeness (QED) is 0.373. The normalized spacial score (nSPS) is 12.4. The molecule has 0 spiro atoms. The third-order valence-electron chi connectivity index (χ3n) is 1.81. The van der Waals surface area contributed by atoms with Gasteiger partial charge < -0.3 is 15.9 Å². The van der Waals surface area contributed by atoms with E-state index in [4.69, 9.17) is 15.9 Å². The van der Waals surface area contributed by atoms with Crippen molar-refractivity contribution < 1.29 is 15.1 Å². The molecule has 0 aromatic heterocycles. The first-order chi connectivity index (χ1) is 6.43. The molecular weight excluding hydrogens is 188 g/mol. The van der Waals surface area contributed by atoms with Crippen molar-refractivity contribution in [3.63, 3.8) is 0 Å². The summed E-state index contributed by atoms with van der Waals surface area (Å²) in [6.07, 6.45) is 0. The Morgan fingerprint density at radius 2 is 1.93 bits per heavy atom. The van der Waals surface area contributed by atoms with E-state index >= 15 is 0 Å². The summed E-state index contributed by atoms with van der Waals surface area (Å²) in [4.78, 5) is 9.89. The summed E-state index contributed by atoms with van der Waals surface area (Å²) in [5, 5.41) is 28.7. The van der Waals surface area contributed by atoms with Crippen LogP contribution in [0.2, 0.25) is 0 Å². The molecule has 6 nitrogen and oxygen atoms in total. The zero-order valence-corrected chi connectivity index (χ0v) is 7.47. The van der Waals surface area contributed by atoms with E-state index < -0.39 is 22.5 Å². The fourth-order valence-corrected chi connectivity index (χ4v) is 1.10. The lowest BCUT2D eigenvalue weighted by Gasteiger charge is -2.07. The highest BCUT2D eigenvalue weighted by molar-refractivity contribution is 5.53. The van der Waals surface area contributed by atoms with Crippen LogP contribution in [0, 0.1) is 10.1 Å². The Morgan fingerprint density at radius 3 is 2.36 bits per heavy atom. The molecule has 0 heterocycles. The number of nitrogens with zero attached hydrogens (tertiary/aromatic N) is 1. The van der Waals surface area contributed by atoms with Crippen LogP contribution in [-0.2, 0) is 0 Å². The summed E-state index contributed by atoms with van der Waals surface area (Å²) in [5.41, 5.74) is 5.36. The van der Waals surface area contributed by atoms with Crippen molar-refractivity contribution in [2.45, 2.75) is 13.0 Å². The first-order valence-corrected chi connectivity index (χ1v) is 3.89. The molecule has 0 saturated heterocycles. The van der Waals surface area contributed by atoms with Crippen LogP contribution in [0.25, 0.3) is 0 Å². The predicted molar refractivity (Wildman–Crippen MR) is 49.0 cm³/mol. The Morgan fingerprint density at radius 1 is 1.43 bits per heavy atom. The lowest BCUT2D eigenvalue weighted by Crippen LogP contribution is -2.07. The van der Waals surface area contributed by atoms with Crippen LogP contribution in [0.5, 0.6) is 11.5 Å². The molecule has 0 aliphatic heterocycles. The summed E-state index contributed by atoms with van der Waals surface area (Å²) >= 11 is 0. The van der Waals surface area contributed by atoms with Crippen LogP contribution in [0.1, 0.15) is 18.5 Å². The topological polar surface area (TPSA) is 110 Å². The highest BCUT2D eigenvalue weighted by Gasteiger charge is 2.19. The minimum atomic E-state index is -0.655. The first kappa shape index (κ1) is 10.3. The van der Waals surface area contributed by atoms with E-state index in [1.165, 1.54) is 0 Å². The van der Waals surface area contributed by atoms with Gasteiger partial charge in [-0.15, -0.1) is 0 Å². The minimum Gasteiger partial charge on any atom is -0.504 e. The van der Waals surface area contributed by atoms with Gasteiger partial charge >= 0.3 is 0 Å². The molecule has 0 saturated carbocycles. The Kier molecular flexibility index (Phi) is 2.57. The Bertz CT molecular complexity index is 376. The average Bonchev–Trinajstić information content (AvgIpc) is 2.08. The SMILES string of the molecule is C[C@H](N)c1cc(O)c(O)cc1[N+](=O)[O-]. The molecule has 0 fully saturated rings. The molecule has 6 heteroatoms. The van der Waals surface area contributed by atoms with Gasteiger partial charge in [-0.3, -0.25) is 10.1 Å². The number of benzene rings is 1. The molecular formula is C8H10N2O4. The van der Waals surface area contributed by atoms with Gasteiger partial charge in [-0.25, -0.2) is 0 Å². The van der Waals surface area contributed by atoms with Crippen LogP contribution in [0.4, 0.5) is 5.69 Å². The third kappa shape index (κ3) is 1.74. The fourth-order valence-electron chi connectivity index (χ4n) is 1.10. The Balaban J connectivity index is 3.39. The molecule has 0 amide bonds. The number of rotatable bonds is 2. The molecule has 0 bridgehead atoms. The van der Waals surface area contributed by atoms with Crippen LogP contribution < -0.4 is 5.73 Å². The molecule has 1 aromatic carbocycles. The van der Waals surface area contributed by atoms with Crippen LogP contribution in [-0.4, -0.2) is 15.1 Å². The summed E-state index contributed by atoms with van der Waals surface area (Å²) < 4.78 is 0. The van der Waals surface area contributed by atoms with Gasteiger partial charge in [-0.2, -0.15) is 0 Å². The van der Waals surface area contributed by atoms with E-state index in [9.17, 15) is 10.1 Å². The zero-order valence-electron chi connectivity index (χ0n) is 7.47. The number of phenolic OH excluding ortho intramolecular Hbond substituents is 2.